The van der Waals surface area contributed by atoms with Gasteiger partial charge in [-0.3, -0.25) is 4.79 Å². The third kappa shape index (κ3) is 4.55. The van der Waals surface area contributed by atoms with E-state index in [0.717, 1.165) is 25.1 Å². The SMILES string of the molecule is CC1CN(C(=O)CCC2CCNCC2)CC(c2ccccc2)O1. The fourth-order valence-corrected chi connectivity index (χ4v) is 3.66. The molecule has 23 heavy (non-hydrogen) atoms. The van der Waals surface area contributed by atoms with Crippen LogP contribution < -0.4 is 5.32 Å². The third-order valence-electron chi connectivity index (χ3n) is 5.01. The summed E-state index contributed by atoms with van der Waals surface area (Å²) in [5, 5.41) is 3.38. The van der Waals surface area contributed by atoms with E-state index >= 15 is 0 Å². The first-order valence-electron chi connectivity index (χ1n) is 8.91. The zero-order valence-corrected chi connectivity index (χ0v) is 14.0. The second-order valence-corrected chi connectivity index (χ2v) is 6.88. The molecule has 2 aliphatic rings. The molecule has 4 nitrogen and oxygen atoms in total. The molecule has 2 fully saturated rings. The van der Waals surface area contributed by atoms with E-state index in [1.54, 1.807) is 0 Å². The predicted octanol–water partition coefficient (Wildman–Crippen LogP) is 2.75. The van der Waals surface area contributed by atoms with E-state index in [1.807, 2.05) is 23.1 Å². The number of hydrogen-bond donors (Lipinski definition) is 1. The summed E-state index contributed by atoms with van der Waals surface area (Å²) < 4.78 is 6.05. The summed E-state index contributed by atoms with van der Waals surface area (Å²) in [6.07, 6.45) is 4.22. The lowest BCUT2D eigenvalue weighted by Crippen LogP contribution is -2.46. The lowest BCUT2D eigenvalue weighted by Gasteiger charge is -2.37. The van der Waals surface area contributed by atoms with Gasteiger partial charge in [0.1, 0.15) is 6.10 Å². The summed E-state index contributed by atoms with van der Waals surface area (Å²) in [6.45, 7) is 5.66. The summed E-state index contributed by atoms with van der Waals surface area (Å²) >= 11 is 0. The average molecular weight is 316 g/mol. The van der Waals surface area contributed by atoms with Crippen LogP contribution in [0.3, 0.4) is 0 Å². The van der Waals surface area contributed by atoms with Crippen molar-refractivity contribution >= 4 is 5.91 Å². The van der Waals surface area contributed by atoms with Crippen molar-refractivity contribution in [2.24, 2.45) is 5.92 Å². The molecule has 2 aliphatic heterocycles. The van der Waals surface area contributed by atoms with E-state index in [2.05, 4.69) is 24.4 Å². The van der Waals surface area contributed by atoms with Crippen LogP contribution in [0.2, 0.25) is 0 Å². The zero-order valence-electron chi connectivity index (χ0n) is 14.0. The summed E-state index contributed by atoms with van der Waals surface area (Å²) in [5.41, 5.74) is 1.16. The highest BCUT2D eigenvalue weighted by atomic mass is 16.5. The molecule has 1 aromatic rings. The molecule has 0 spiro atoms. The van der Waals surface area contributed by atoms with E-state index in [1.165, 1.54) is 12.8 Å². The van der Waals surface area contributed by atoms with Crippen LogP contribution in [0.25, 0.3) is 0 Å². The van der Waals surface area contributed by atoms with Gasteiger partial charge in [0.2, 0.25) is 5.91 Å². The highest BCUT2D eigenvalue weighted by Gasteiger charge is 2.29. The highest BCUT2D eigenvalue weighted by Crippen LogP contribution is 2.26. The quantitative estimate of drug-likeness (QED) is 0.929. The molecule has 3 rings (SSSR count). The summed E-state index contributed by atoms with van der Waals surface area (Å²) in [5.74, 6) is 1.00. The van der Waals surface area contributed by atoms with Crippen molar-refractivity contribution in [1.82, 2.24) is 10.2 Å². The molecule has 0 saturated carbocycles. The molecule has 0 bridgehead atoms. The van der Waals surface area contributed by atoms with Gasteiger partial charge in [-0.2, -0.15) is 0 Å². The predicted molar refractivity (Wildman–Crippen MR) is 91.1 cm³/mol. The van der Waals surface area contributed by atoms with Gasteiger partial charge in [-0.05, 0) is 50.8 Å². The van der Waals surface area contributed by atoms with Crippen molar-refractivity contribution in [1.29, 1.82) is 0 Å². The topological polar surface area (TPSA) is 41.6 Å². The van der Waals surface area contributed by atoms with Gasteiger partial charge in [0, 0.05) is 13.0 Å². The van der Waals surface area contributed by atoms with E-state index in [4.69, 9.17) is 4.74 Å². The molecular formula is C19H28N2O2. The van der Waals surface area contributed by atoms with Crippen LogP contribution in [0.1, 0.15) is 44.3 Å². The van der Waals surface area contributed by atoms with Gasteiger partial charge >= 0.3 is 0 Å². The maximum absolute atomic E-state index is 12.6. The van der Waals surface area contributed by atoms with Gasteiger partial charge in [0.15, 0.2) is 0 Å². The minimum absolute atomic E-state index is 0.00257. The van der Waals surface area contributed by atoms with Crippen molar-refractivity contribution < 1.29 is 9.53 Å². The lowest BCUT2D eigenvalue weighted by atomic mass is 9.93. The number of hydrogen-bond acceptors (Lipinski definition) is 3. The normalized spacial score (nSPS) is 26.2. The Balaban J connectivity index is 1.54. The van der Waals surface area contributed by atoms with Crippen LogP contribution in [0.15, 0.2) is 30.3 Å². The van der Waals surface area contributed by atoms with Crippen LogP contribution in [-0.4, -0.2) is 43.1 Å². The number of morpholine rings is 1. The van der Waals surface area contributed by atoms with E-state index in [9.17, 15) is 4.79 Å². The molecule has 0 aromatic heterocycles. The van der Waals surface area contributed by atoms with Gasteiger partial charge in [0.25, 0.3) is 0 Å². The number of rotatable bonds is 4. The summed E-state index contributed by atoms with van der Waals surface area (Å²) in [6, 6.07) is 10.2. The van der Waals surface area contributed by atoms with Gasteiger partial charge < -0.3 is 15.0 Å². The van der Waals surface area contributed by atoms with Crippen molar-refractivity contribution in [3.8, 4) is 0 Å². The van der Waals surface area contributed by atoms with Gasteiger partial charge in [-0.1, -0.05) is 30.3 Å². The zero-order chi connectivity index (χ0) is 16.1. The molecular weight excluding hydrogens is 288 g/mol. The molecule has 126 valence electrons. The van der Waals surface area contributed by atoms with Crippen LogP contribution in [-0.2, 0) is 9.53 Å². The second-order valence-electron chi connectivity index (χ2n) is 6.88. The minimum atomic E-state index is 0.00257. The molecule has 2 atom stereocenters. The minimum Gasteiger partial charge on any atom is -0.367 e. The second kappa shape index (κ2) is 7.93. The number of nitrogens with zero attached hydrogens (tertiary/aromatic N) is 1. The van der Waals surface area contributed by atoms with E-state index in [-0.39, 0.29) is 12.2 Å². The van der Waals surface area contributed by atoms with Crippen LogP contribution in [0, 0.1) is 5.92 Å². The number of piperidine rings is 1. The lowest BCUT2D eigenvalue weighted by molar-refractivity contribution is -0.145. The molecule has 4 heteroatoms. The number of amides is 1. The molecule has 0 aliphatic carbocycles. The monoisotopic (exact) mass is 316 g/mol. The summed E-state index contributed by atoms with van der Waals surface area (Å²) in [7, 11) is 0. The van der Waals surface area contributed by atoms with Crippen molar-refractivity contribution in [3.63, 3.8) is 0 Å². The standard InChI is InChI=1S/C19H28N2O2/c1-15-13-21(14-18(23-15)17-5-3-2-4-6-17)19(22)8-7-16-9-11-20-12-10-16/h2-6,15-16,18,20H,7-14H2,1H3. The Morgan fingerprint density at radius 2 is 1.96 bits per heavy atom. The van der Waals surface area contributed by atoms with Gasteiger partial charge in [-0.25, -0.2) is 0 Å². The van der Waals surface area contributed by atoms with Crippen LogP contribution >= 0.6 is 0 Å². The first-order valence-corrected chi connectivity index (χ1v) is 8.91. The molecule has 2 heterocycles. The van der Waals surface area contributed by atoms with E-state index in [0.29, 0.717) is 31.3 Å². The number of carbonyl (C=O) groups excluding carboxylic acids is 1. The smallest absolute Gasteiger partial charge is 0.222 e. The van der Waals surface area contributed by atoms with Crippen LogP contribution in [0.5, 0.6) is 0 Å². The fourth-order valence-electron chi connectivity index (χ4n) is 3.66. The molecule has 1 aromatic carbocycles. The maximum Gasteiger partial charge on any atom is 0.222 e. The molecule has 2 saturated heterocycles. The Kier molecular flexibility index (Phi) is 5.68. The third-order valence-corrected chi connectivity index (χ3v) is 5.01. The molecule has 1 N–H and O–H groups in total. The first-order chi connectivity index (χ1) is 11.2. The van der Waals surface area contributed by atoms with Gasteiger partial charge in [-0.15, -0.1) is 0 Å². The fraction of sp³-hybridized carbons (Fsp3) is 0.632. The van der Waals surface area contributed by atoms with Crippen molar-refractivity contribution in [2.45, 2.75) is 44.8 Å². The van der Waals surface area contributed by atoms with Crippen molar-refractivity contribution in [2.75, 3.05) is 26.2 Å². The number of nitrogens with one attached hydrogen (secondary N) is 1. The van der Waals surface area contributed by atoms with Gasteiger partial charge in [0.05, 0.1) is 12.6 Å². The summed E-state index contributed by atoms with van der Waals surface area (Å²) in [4.78, 5) is 14.6. The number of ether oxygens (including phenoxy) is 1. The Morgan fingerprint density at radius 3 is 2.70 bits per heavy atom. The number of carbonyl (C=O) groups is 1. The number of benzene rings is 1. The highest BCUT2D eigenvalue weighted by molar-refractivity contribution is 5.76. The Labute approximate surface area is 139 Å². The Hall–Kier alpha value is -1.39. The van der Waals surface area contributed by atoms with Crippen LogP contribution in [0.4, 0.5) is 0 Å². The molecule has 1 amide bonds. The maximum atomic E-state index is 12.6. The Morgan fingerprint density at radius 1 is 1.22 bits per heavy atom. The van der Waals surface area contributed by atoms with E-state index < -0.39 is 0 Å². The first kappa shape index (κ1) is 16.5. The molecule has 2 unspecified atom stereocenters. The largest absolute Gasteiger partial charge is 0.367 e. The Bertz CT molecular complexity index is 499. The molecule has 0 radical (unpaired) electrons. The average Bonchev–Trinajstić information content (AvgIpc) is 2.61. The van der Waals surface area contributed by atoms with Crippen molar-refractivity contribution in [3.05, 3.63) is 35.9 Å².